The summed E-state index contributed by atoms with van der Waals surface area (Å²) in [4.78, 5) is 29.3. The molecule has 3 aromatic rings. The van der Waals surface area contributed by atoms with Gasteiger partial charge in [0.05, 0.1) is 27.7 Å². The summed E-state index contributed by atoms with van der Waals surface area (Å²) in [5.41, 5.74) is 0.892. The van der Waals surface area contributed by atoms with Gasteiger partial charge in [-0.3, -0.25) is 4.79 Å². The Balaban J connectivity index is 2.06. The van der Waals surface area contributed by atoms with E-state index in [1.54, 1.807) is 37.3 Å². The van der Waals surface area contributed by atoms with E-state index in [0.717, 1.165) is 5.39 Å². The minimum absolute atomic E-state index is 0.0862. The second-order valence-electron chi connectivity index (χ2n) is 5.35. The van der Waals surface area contributed by atoms with E-state index in [9.17, 15) is 9.59 Å². The van der Waals surface area contributed by atoms with E-state index < -0.39 is 11.9 Å². The fourth-order valence-corrected chi connectivity index (χ4v) is 3.03. The van der Waals surface area contributed by atoms with Crippen molar-refractivity contribution in [3.05, 3.63) is 69.7 Å². The SMILES string of the molecule is CCOC(=O)c1cc2ccccc2nc1NC(=O)c1c(Cl)cccc1Cl. The van der Waals surface area contributed by atoms with Crippen LogP contribution in [-0.2, 0) is 4.74 Å². The highest BCUT2D eigenvalue weighted by molar-refractivity contribution is 6.40. The van der Waals surface area contributed by atoms with Gasteiger partial charge in [-0.2, -0.15) is 0 Å². The fraction of sp³-hybridized carbons (Fsp3) is 0.105. The highest BCUT2D eigenvalue weighted by atomic mass is 35.5. The normalized spacial score (nSPS) is 10.6. The summed E-state index contributed by atoms with van der Waals surface area (Å²) < 4.78 is 5.07. The molecule has 2 aromatic carbocycles. The van der Waals surface area contributed by atoms with Crippen molar-refractivity contribution in [3.63, 3.8) is 0 Å². The van der Waals surface area contributed by atoms with Gasteiger partial charge in [0, 0.05) is 5.39 Å². The Morgan fingerprint density at radius 2 is 1.77 bits per heavy atom. The maximum absolute atomic E-state index is 12.7. The molecule has 0 aliphatic heterocycles. The smallest absolute Gasteiger partial charge is 0.341 e. The van der Waals surface area contributed by atoms with Crippen LogP contribution in [0.1, 0.15) is 27.6 Å². The summed E-state index contributed by atoms with van der Waals surface area (Å²) in [5.74, 6) is -1.05. The molecule has 1 aromatic heterocycles. The van der Waals surface area contributed by atoms with Crippen molar-refractivity contribution in [1.29, 1.82) is 0 Å². The van der Waals surface area contributed by atoms with Gasteiger partial charge in [-0.05, 0) is 31.2 Å². The number of aromatic nitrogens is 1. The molecule has 1 N–H and O–H groups in total. The standard InChI is InChI=1S/C19H14Cl2N2O3/c1-2-26-19(25)12-10-11-6-3-4-9-15(11)22-17(12)23-18(24)16-13(20)7-5-8-14(16)21/h3-10H,2H2,1H3,(H,22,23,24). The number of pyridine rings is 1. The van der Waals surface area contributed by atoms with Gasteiger partial charge in [-0.1, -0.05) is 47.5 Å². The average Bonchev–Trinajstić information content (AvgIpc) is 2.61. The maximum Gasteiger partial charge on any atom is 0.341 e. The largest absolute Gasteiger partial charge is 0.462 e. The second-order valence-corrected chi connectivity index (χ2v) is 6.16. The molecule has 5 nitrogen and oxygen atoms in total. The van der Waals surface area contributed by atoms with Crippen molar-refractivity contribution in [1.82, 2.24) is 4.98 Å². The van der Waals surface area contributed by atoms with Crippen molar-refractivity contribution in [3.8, 4) is 0 Å². The van der Waals surface area contributed by atoms with Crippen LogP contribution in [0.2, 0.25) is 10.0 Å². The number of hydrogen-bond acceptors (Lipinski definition) is 4. The van der Waals surface area contributed by atoms with Crippen molar-refractivity contribution in [2.24, 2.45) is 0 Å². The van der Waals surface area contributed by atoms with Crippen LogP contribution in [0.15, 0.2) is 48.5 Å². The number of hydrogen-bond donors (Lipinski definition) is 1. The van der Waals surface area contributed by atoms with Crippen LogP contribution in [0.4, 0.5) is 5.82 Å². The van der Waals surface area contributed by atoms with Crippen molar-refractivity contribution in [2.45, 2.75) is 6.92 Å². The first-order valence-corrected chi connectivity index (χ1v) is 8.59. The molecule has 0 aliphatic carbocycles. The molecule has 0 unspecified atom stereocenters. The Morgan fingerprint density at radius 3 is 2.46 bits per heavy atom. The summed E-state index contributed by atoms with van der Waals surface area (Å²) >= 11 is 12.2. The van der Waals surface area contributed by atoms with Crippen LogP contribution < -0.4 is 5.32 Å². The summed E-state index contributed by atoms with van der Waals surface area (Å²) in [6.45, 7) is 1.91. The topological polar surface area (TPSA) is 68.3 Å². The zero-order valence-electron chi connectivity index (χ0n) is 13.8. The highest BCUT2D eigenvalue weighted by Crippen LogP contribution is 2.27. The number of benzene rings is 2. The molecular weight excluding hydrogens is 375 g/mol. The third-order valence-electron chi connectivity index (χ3n) is 3.64. The molecule has 1 heterocycles. The first kappa shape index (κ1) is 18.2. The number of nitrogens with one attached hydrogen (secondary N) is 1. The quantitative estimate of drug-likeness (QED) is 0.640. The van der Waals surface area contributed by atoms with Crippen molar-refractivity contribution < 1.29 is 14.3 Å². The lowest BCUT2D eigenvalue weighted by Gasteiger charge is -2.12. The minimum atomic E-state index is -0.577. The van der Waals surface area contributed by atoms with Crippen molar-refractivity contribution >= 4 is 51.8 Å². The third-order valence-corrected chi connectivity index (χ3v) is 4.27. The van der Waals surface area contributed by atoms with Crippen molar-refractivity contribution in [2.75, 3.05) is 11.9 Å². The van der Waals surface area contributed by atoms with Crippen LogP contribution in [-0.4, -0.2) is 23.5 Å². The molecule has 0 aliphatic rings. The lowest BCUT2D eigenvalue weighted by atomic mass is 10.1. The Labute approximate surface area is 159 Å². The van der Waals surface area contributed by atoms with E-state index in [-0.39, 0.29) is 33.6 Å². The molecule has 0 spiro atoms. The van der Waals surface area contributed by atoms with Gasteiger partial charge < -0.3 is 10.1 Å². The summed E-state index contributed by atoms with van der Waals surface area (Å²) in [5, 5.41) is 3.78. The fourth-order valence-electron chi connectivity index (χ4n) is 2.46. The molecule has 0 saturated heterocycles. The van der Waals surface area contributed by atoms with Crippen LogP contribution in [0.25, 0.3) is 10.9 Å². The van der Waals surface area contributed by atoms with Gasteiger partial charge in [0.2, 0.25) is 0 Å². The number of amides is 1. The van der Waals surface area contributed by atoms with Gasteiger partial charge in [-0.15, -0.1) is 0 Å². The van der Waals surface area contributed by atoms with Crippen LogP contribution in [0, 0.1) is 0 Å². The number of halogens is 2. The third kappa shape index (κ3) is 3.64. The predicted molar refractivity (Wildman–Crippen MR) is 102 cm³/mol. The molecule has 132 valence electrons. The van der Waals surface area contributed by atoms with Crippen LogP contribution >= 0.6 is 23.2 Å². The zero-order chi connectivity index (χ0) is 18.7. The molecule has 26 heavy (non-hydrogen) atoms. The highest BCUT2D eigenvalue weighted by Gasteiger charge is 2.20. The number of fused-ring (bicyclic) bond motifs is 1. The zero-order valence-corrected chi connectivity index (χ0v) is 15.3. The molecule has 0 saturated carbocycles. The van der Waals surface area contributed by atoms with Crippen LogP contribution in [0.5, 0.6) is 0 Å². The Hall–Kier alpha value is -2.63. The summed E-state index contributed by atoms with van der Waals surface area (Å²) in [6, 6.07) is 13.6. The van der Waals surface area contributed by atoms with Gasteiger partial charge in [0.25, 0.3) is 5.91 Å². The average molecular weight is 389 g/mol. The van der Waals surface area contributed by atoms with Gasteiger partial charge in [-0.25, -0.2) is 9.78 Å². The first-order valence-electron chi connectivity index (χ1n) is 7.83. The van der Waals surface area contributed by atoms with Gasteiger partial charge in [0.1, 0.15) is 11.4 Å². The number of anilines is 1. The molecule has 0 fully saturated rings. The molecule has 7 heteroatoms. The summed E-state index contributed by atoms with van der Waals surface area (Å²) in [6.07, 6.45) is 0. The summed E-state index contributed by atoms with van der Waals surface area (Å²) in [7, 11) is 0. The van der Waals surface area contributed by atoms with E-state index in [2.05, 4.69) is 10.3 Å². The number of ether oxygens (including phenoxy) is 1. The van der Waals surface area contributed by atoms with E-state index in [4.69, 9.17) is 27.9 Å². The van der Waals surface area contributed by atoms with Gasteiger partial charge >= 0.3 is 5.97 Å². The molecule has 0 bridgehead atoms. The van der Waals surface area contributed by atoms with E-state index in [1.165, 1.54) is 0 Å². The van der Waals surface area contributed by atoms with Crippen LogP contribution in [0.3, 0.4) is 0 Å². The molecular formula is C19H14Cl2N2O3. The number of carbonyl (C=O) groups excluding carboxylic acids is 2. The first-order chi connectivity index (χ1) is 12.5. The Bertz CT molecular complexity index is 985. The molecule has 0 atom stereocenters. The predicted octanol–water partition coefficient (Wildman–Crippen LogP) is 4.97. The van der Waals surface area contributed by atoms with E-state index >= 15 is 0 Å². The number of nitrogens with zero attached hydrogens (tertiary/aromatic N) is 1. The van der Waals surface area contributed by atoms with E-state index in [1.807, 2.05) is 18.2 Å². The molecule has 3 rings (SSSR count). The monoisotopic (exact) mass is 388 g/mol. The maximum atomic E-state index is 12.7. The number of esters is 1. The Morgan fingerprint density at radius 1 is 1.08 bits per heavy atom. The second kappa shape index (κ2) is 7.72. The molecule has 0 radical (unpaired) electrons. The number of carbonyl (C=O) groups is 2. The number of rotatable bonds is 4. The lowest BCUT2D eigenvalue weighted by molar-refractivity contribution is 0.0527. The minimum Gasteiger partial charge on any atom is -0.462 e. The van der Waals surface area contributed by atoms with E-state index in [0.29, 0.717) is 5.52 Å². The molecule has 1 amide bonds. The Kier molecular flexibility index (Phi) is 5.40. The van der Waals surface area contributed by atoms with Gasteiger partial charge in [0.15, 0.2) is 0 Å². The number of para-hydroxylation sites is 1. The lowest BCUT2D eigenvalue weighted by Crippen LogP contribution is -2.18.